The summed E-state index contributed by atoms with van der Waals surface area (Å²) < 4.78 is 6.11. The van der Waals surface area contributed by atoms with Crippen LogP contribution in [0.5, 0.6) is 0 Å². The number of nitrogens with one attached hydrogen (secondary N) is 1. The molecule has 0 aromatic heterocycles. The summed E-state index contributed by atoms with van der Waals surface area (Å²) in [6, 6.07) is 7.12. The van der Waals surface area contributed by atoms with Gasteiger partial charge < -0.3 is 20.1 Å². The van der Waals surface area contributed by atoms with Crippen LogP contribution in [-0.4, -0.2) is 48.3 Å². The second-order valence-electron chi connectivity index (χ2n) is 7.38. The van der Waals surface area contributed by atoms with Crippen LogP contribution in [0.3, 0.4) is 0 Å². The quantitative estimate of drug-likeness (QED) is 0.550. The molecule has 3 aliphatic rings. The largest absolute Gasteiger partial charge is 0.396 e. The Morgan fingerprint density at radius 3 is 2.81 bits per heavy atom. The van der Waals surface area contributed by atoms with Crippen molar-refractivity contribution in [3.05, 3.63) is 41.4 Å². The molecule has 3 heterocycles. The number of hydrogen-bond donors (Lipinski definition) is 2. The van der Waals surface area contributed by atoms with Crippen LogP contribution in [-0.2, 0) is 14.3 Å². The summed E-state index contributed by atoms with van der Waals surface area (Å²) in [6.07, 6.45) is 5.91. The van der Waals surface area contributed by atoms with E-state index in [-0.39, 0.29) is 24.5 Å². The smallest absolute Gasteiger partial charge is 0.234 e. The third-order valence-electron chi connectivity index (χ3n) is 5.68. The van der Waals surface area contributed by atoms with Crippen molar-refractivity contribution >= 4 is 29.1 Å². The zero-order valence-electron chi connectivity index (χ0n) is 14.9. The van der Waals surface area contributed by atoms with Gasteiger partial charge in [0.05, 0.1) is 24.5 Å². The van der Waals surface area contributed by atoms with E-state index in [1.807, 2.05) is 24.3 Å². The van der Waals surface area contributed by atoms with Gasteiger partial charge in [-0.3, -0.25) is 9.59 Å². The maximum absolute atomic E-state index is 13.2. The Bertz CT molecular complexity index is 766. The first-order valence-electron chi connectivity index (χ1n) is 9.38. The summed E-state index contributed by atoms with van der Waals surface area (Å²) >= 11 is 5.95. The number of carbonyl (C=O) groups excluding carboxylic acids is 2. The number of hydrogen-bond acceptors (Lipinski definition) is 4. The van der Waals surface area contributed by atoms with E-state index in [1.165, 1.54) is 0 Å². The molecule has 2 bridgehead atoms. The van der Waals surface area contributed by atoms with Gasteiger partial charge in [0.25, 0.3) is 0 Å². The number of carbonyl (C=O) groups is 2. The highest BCUT2D eigenvalue weighted by molar-refractivity contribution is 6.30. The van der Waals surface area contributed by atoms with Crippen molar-refractivity contribution in [3.63, 3.8) is 0 Å². The molecule has 7 heteroatoms. The third-order valence-corrected chi connectivity index (χ3v) is 5.93. The lowest BCUT2D eigenvalue weighted by atomic mass is 9.77. The Balaban J connectivity index is 1.48. The molecule has 4 atom stereocenters. The highest BCUT2D eigenvalue weighted by Crippen LogP contribution is 2.52. The molecule has 0 aliphatic carbocycles. The van der Waals surface area contributed by atoms with Crippen LogP contribution in [0, 0.1) is 11.8 Å². The topological polar surface area (TPSA) is 78.9 Å². The second kappa shape index (κ2) is 7.26. The molecule has 27 heavy (non-hydrogen) atoms. The number of amides is 2. The van der Waals surface area contributed by atoms with E-state index in [0.29, 0.717) is 18.1 Å². The molecule has 4 rings (SSSR count). The molecule has 2 amide bonds. The third kappa shape index (κ3) is 3.16. The van der Waals surface area contributed by atoms with Gasteiger partial charge in [0.2, 0.25) is 11.8 Å². The van der Waals surface area contributed by atoms with Crippen LogP contribution in [0.15, 0.2) is 36.4 Å². The minimum Gasteiger partial charge on any atom is -0.396 e. The zero-order chi connectivity index (χ0) is 19.0. The van der Waals surface area contributed by atoms with Crippen molar-refractivity contribution in [1.29, 1.82) is 0 Å². The van der Waals surface area contributed by atoms with Gasteiger partial charge in [-0.1, -0.05) is 23.8 Å². The minimum atomic E-state index is -0.722. The predicted molar refractivity (Wildman–Crippen MR) is 101 cm³/mol. The summed E-state index contributed by atoms with van der Waals surface area (Å²) in [5.41, 5.74) is 0.0390. The molecule has 0 unspecified atom stereocenters. The van der Waals surface area contributed by atoms with Gasteiger partial charge in [-0.2, -0.15) is 0 Å². The second-order valence-corrected chi connectivity index (χ2v) is 7.81. The molecule has 1 aromatic carbocycles. The Hall–Kier alpha value is -1.89. The van der Waals surface area contributed by atoms with E-state index in [0.717, 1.165) is 24.9 Å². The normalized spacial score (nSPS) is 30.8. The van der Waals surface area contributed by atoms with Gasteiger partial charge in [0.1, 0.15) is 5.60 Å². The SMILES string of the molecule is O=C(NCCCCCO)[C@@H]1[C@H]2C(=O)N(c3ccc(Cl)cc3)C[C@]23C=C[C@H]1O3. The summed E-state index contributed by atoms with van der Waals surface area (Å²) in [5, 5.41) is 12.4. The van der Waals surface area contributed by atoms with E-state index in [2.05, 4.69) is 5.32 Å². The van der Waals surface area contributed by atoms with Gasteiger partial charge in [-0.25, -0.2) is 0 Å². The molecule has 6 nitrogen and oxygen atoms in total. The van der Waals surface area contributed by atoms with Crippen molar-refractivity contribution in [2.45, 2.75) is 31.0 Å². The number of unbranched alkanes of at least 4 members (excludes halogenated alkanes) is 2. The van der Waals surface area contributed by atoms with E-state index in [4.69, 9.17) is 21.4 Å². The summed E-state index contributed by atoms with van der Waals surface area (Å²) in [6.45, 7) is 1.11. The first-order chi connectivity index (χ1) is 13.1. The maximum Gasteiger partial charge on any atom is 0.234 e. The zero-order valence-corrected chi connectivity index (χ0v) is 15.7. The number of rotatable bonds is 7. The molecular weight excluding hydrogens is 368 g/mol. The number of halogens is 1. The van der Waals surface area contributed by atoms with Crippen LogP contribution >= 0.6 is 11.6 Å². The summed E-state index contributed by atoms with van der Waals surface area (Å²) in [7, 11) is 0. The molecule has 0 saturated carbocycles. The van der Waals surface area contributed by atoms with E-state index in [1.54, 1.807) is 17.0 Å². The lowest BCUT2D eigenvalue weighted by Gasteiger charge is -2.23. The van der Waals surface area contributed by atoms with Crippen molar-refractivity contribution in [2.75, 3.05) is 24.6 Å². The highest BCUT2D eigenvalue weighted by Gasteiger charge is 2.66. The van der Waals surface area contributed by atoms with Crippen LogP contribution in [0.2, 0.25) is 5.02 Å². The van der Waals surface area contributed by atoms with E-state index >= 15 is 0 Å². The summed E-state index contributed by atoms with van der Waals surface area (Å²) in [4.78, 5) is 27.6. The monoisotopic (exact) mass is 390 g/mol. The van der Waals surface area contributed by atoms with E-state index < -0.39 is 17.4 Å². The first kappa shape index (κ1) is 18.5. The number of aliphatic hydroxyl groups is 1. The fraction of sp³-hybridized carbons (Fsp3) is 0.500. The lowest BCUT2D eigenvalue weighted by molar-refractivity contribution is -0.131. The molecule has 2 fully saturated rings. The average Bonchev–Trinajstić information content (AvgIpc) is 3.30. The van der Waals surface area contributed by atoms with Crippen molar-refractivity contribution in [1.82, 2.24) is 5.32 Å². The van der Waals surface area contributed by atoms with Gasteiger partial charge in [-0.15, -0.1) is 0 Å². The van der Waals surface area contributed by atoms with Gasteiger partial charge >= 0.3 is 0 Å². The molecule has 2 N–H and O–H groups in total. The Kier molecular flexibility index (Phi) is 4.97. The molecule has 1 spiro atoms. The fourth-order valence-corrected chi connectivity index (χ4v) is 4.51. The molecule has 3 aliphatic heterocycles. The van der Waals surface area contributed by atoms with Crippen LogP contribution in [0.4, 0.5) is 5.69 Å². The van der Waals surface area contributed by atoms with Crippen molar-refractivity contribution in [2.24, 2.45) is 11.8 Å². The standard InChI is InChI=1S/C20H23ClN2O4/c21-13-4-6-14(7-5-13)23-12-20-9-8-15(27-20)16(17(20)19(23)26)18(25)22-10-2-1-3-11-24/h4-9,15-17,24H,1-3,10-12H2,(H,22,25)/t15-,16+,17+,20-/m1/s1. The van der Waals surface area contributed by atoms with Crippen LogP contribution in [0.25, 0.3) is 0 Å². The Labute approximate surface area is 163 Å². The maximum atomic E-state index is 13.2. The predicted octanol–water partition coefficient (Wildman–Crippen LogP) is 1.91. The number of anilines is 1. The average molecular weight is 391 g/mol. The number of nitrogens with zero attached hydrogens (tertiary/aromatic N) is 1. The van der Waals surface area contributed by atoms with E-state index in [9.17, 15) is 9.59 Å². The van der Waals surface area contributed by atoms with Gasteiger partial charge in [0, 0.05) is 23.9 Å². The summed E-state index contributed by atoms with van der Waals surface area (Å²) in [5.74, 6) is -1.21. The number of ether oxygens (including phenoxy) is 1. The number of fused-ring (bicyclic) bond motifs is 1. The van der Waals surface area contributed by atoms with Crippen LogP contribution in [0.1, 0.15) is 19.3 Å². The number of benzene rings is 1. The van der Waals surface area contributed by atoms with Gasteiger partial charge in [-0.05, 0) is 43.5 Å². The molecule has 0 radical (unpaired) electrons. The molecule has 144 valence electrons. The molecule has 1 aromatic rings. The first-order valence-corrected chi connectivity index (χ1v) is 9.76. The van der Waals surface area contributed by atoms with Crippen molar-refractivity contribution < 1.29 is 19.4 Å². The number of aliphatic hydroxyl groups excluding tert-OH is 1. The minimum absolute atomic E-state index is 0.0791. The Morgan fingerprint density at radius 2 is 2.07 bits per heavy atom. The molecular formula is C20H23ClN2O4. The Morgan fingerprint density at radius 1 is 1.30 bits per heavy atom. The van der Waals surface area contributed by atoms with Crippen molar-refractivity contribution in [3.8, 4) is 0 Å². The highest BCUT2D eigenvalue weighted by atomic mass is 35.5. The lowest BCUT2D eigenvalue weighted by Crippen LogP contribution is -2.44. The van der Waals surface area contributed by atoms with Gasteiger partial charge in [0.15, 0.2) is 0 Å². The fourth-order valence-electron chi connectivity index (χ4n) is 4.38. The van der Waals surface area contributed by atoms with Crippen LogP contribution < -0.4 is 10.2 Å². The molecule has 2 saturated heterocycles.